The number of esters is 1. The van der Waals surface area contributed by atoms with Crippen LogP contribution in [0.4, 0.5) is 0 Å². The van der Waals surface area contributed by atoms with Gasteiger partial charge in [0, 0.05) is 17.3 Å². The topological polar surface area (TPSA) is 46.5 Å². The molecule has 0 aromatic heterocycles. The predicted octanol–water partition coefficient (Wildman–Crippen LogP) is 14.7. The Morgan fingerprint density at radius 2 is 1.21 bits per heavy atom. The Balaban J connectivity index is 1.04. The van der Waals surface area contributed by atoms with Crippen molar-refractivity contribution in [3.8, 4) is 0 Å². The van der Waals surface area contributed by atoms with Crippen LogP contribution in [0.25, 0.3) is 0 Å². The standard InChI is InChI=1S/C50H88O3/c1-10-11-12-13-14-15-16-17-18-19-20-21-22-23-24-25-26-27-44(52)53-43-31-32-48(7)40(46(43,4)5)30-33-49(8)41(48)29-28-38-39-36-45(2,3)34-35-47(39,6)42(51)37-50(38,49)9/h28,39-43,51H,10-27,29-37H2,1-9H3. The average molecular weight is 737 g/mol. The number of allylic oxidation sites excluding steroid dienone is 2. The summed E-state index contributed by atoms with van der Waals surface area (Å²) in [5, 5.41) is 12.0. The van der Waals surface area contributed by atoms with Gasteiger partial charge in [0.1, 0.15) is 6.10 Å². The van der Waals surface area contributed by atoms with Crippen LogP contribution in [-0.2, 0) is 9.53 Å². The van der Waals surface area contributed by atoms with Crippen molar-refractivity contribution in [1.29, 1.82) is 0 Å². The highest BCUT2D eigenvalue weighted by Gasteiger charge is 2.69. The molecule has 4 saturated carbocycles. The van der Waals surface area contributed by atoms with E-state index < -0.39 is 0 Å². The van der Waals surface area contributed by atoms with Gasteiger partial charge < -0.3 is 9.84 Å². The summed E-state index contributed by atoms with van der Waals surface area (Å²) in [4.78, 5) is 13.2. The molecule has 3 heteroatoms. The van der Waals surface area contributed by atoms with E-state index in [1.807, 2.05) is 0 Å². The quantitative estimate of drug-likeness (QED) is 0.0816. The maximum absolute atomic E-state index is 13.2. The fourth-order valence-electron chi connectivity index (χ4n) is 14.0. The number of carbonyl (C=O) groups is 1. The van der Waals surface area contributed by atoms with Gasteiger partial charge in [-0.2, -0.15) is 0 Å². The molecule has 5 aliphatic rings. The number of hydrogen-bond donors (Lipinski definition) is 1. The molecule has 0 bridgehead atoms. The molecule has 0 amide bonds. The van der Waals surface area contributed by atoms with Crippen LogP contribution in [0.3, 0.4) is 0 Å². The van der Waals surface area contributed by atoms with E-state index in [0.29, 0.717) is 29.6 Å². The largest absolute Gasteiger partial charge is 0.462 e. The van der Waals surface area contributed by atoms with Gasteiger partial charge in [0.2, 0.25) is 0 Å². The highest BCUT2D eigenvalue weighted by atomic mass is 16.5. The van der Waals surface area contributed by atoms with Gasteiger partial charge >= 0.3 is 5.97 Å². The first-order valence-electron chi connectivity index (χ1n) is 23.6. The van der Waals surface area contributed by atoms with Gasteiger partial charge in [-0.1, -0.05) is 177 Å². The van der Waals surface area contributed by atoms with Crippen LogP contribution in [0.5, 0.6) is 0 Å². The summed E-state index contributed by atoms with van der Waals surface area (Å²) in [6.45, 7) is 22.3. The zero-order chi connectivity index (χ0) is 38.5. The Morgan fingerprint density at radius 3 is 1.77 bits per heavy atom. The molecule has 9 unspecified atom stereocenters. The van der Waals surface area contributed by atoms with Gasteiger partial charge in [0.05, 0.1) is 6.10 Å². The molecule has 4 fully saturated rings. The molecule has 0 spiro atoms. The highest BCUT2D eigenvalue weighted by Crippen LogP contribution is 2.75. The molecule has 0 aromatic carbocycles. The second-order valence-electron chi connectivity index (χ2n) is 22.2. The minimum atomic E-state index is -0.224. The van der Waals surface area contributed by atoms with E-state index in [-0.39, 0.29) is 45.3 Å². The Kier molecular flexibility index (Phi) is 14.5. The van der Waals surface area contributed by atoms with E-state index in [1.165, 1.54) is 128 Å². The average Bonchev–Trinajstić information content (AvgIpc) is 3.09. The van der Waals surface area contributed by atoms with Crippen molar-refractivity contribution in [2.75, 3.05) is 0 Å². The molecule has 1 N–H and O–H groups in total. The zero-order valence-electron chi connectivity index (χ0n) is 36.8. The van der Waals surface area contributed by atoms with Gasteiger partial charge in [0.25, 0.3) is 0 Å². The second-order valence-corrected chi connectivity index (χ2v) is 22.2. The van der Waals surface area contributed by atoms with Crippen molar-refractivity contribution < 1.29 is 14.6 Å². The summed E-state index contributed by atoms with van der Waals surface area (Å²) >= 11 is 0. The third-order valence-corrected chi connectivity index (χ3v) is 17.8. The molecule has 0 heterocycles. The van der Waals surface area contributed by atoms with Crippen LogP contribution in [0.15, 0.2) is 11.6 Å². The lowest BCUT2D eigenvalue weighted by molar-refractivity contribution is -0.220. The number of unbranched alkanes of at least 4 members (excludes halogenated alkanes) is 16. The fraction of sp³-hybridized carbons (Fsp3) is 0.940. The SMILES string of the molecule is CCCCCCCCCCCCCCCCCCCC(=O)OC1CCC2(C)C(CCC3(C)C2CC=C2C4CC(C)(C)CCC4(C)C(O)CC23C)C1(C)C. The van der Waals surface area contributed by atoms with Crippen molar-refractivity contribution in [2.45, 2.75) is 248 Å². The first kappa shape index (κ1) is 43.3. The van der Waals surface area contributed by atoms with Crippen LogP contribution in [0, 0.1) is 50.2 Å². The minimum Gasteiger partial charge on any atom is -0.462 e. The number of carbonyl (C=O) groups excluding carboxylic acids is 1. The van der Waals surface area contributed by atoms with Crippen molar-refractivity contribution in [1.82, 2.24) is 0 Å². The molecule has 5 rings (SSSR count). The molecule has 306 valence electrons. The third-order valence-electron chi connectivity index (χ3n) is 17.8. The predicted molar refractivity (Wildman–Crippen MR) is 225 cm³/mol. The molecule has 5 aliphatic carbocycles. The molecule has 0 aliphatic heterocycles. The van der Waals surface area contributed by atoms with Crippen LogP contribution in [-0.4, -0.2) is 23.3 Å². The summed E-state index contributed by atoms with van der Waals surface area (Å²) in [7, 11) is 0. The molecule has 0 radical (unpaired) electrons. The Labute approximate surface area is 329 Å². The van der Waals surface area contributed by atoms with Crippen LogP contribution >= 0.6 is 0 Å². The summed E-state index contributed by atoms with van der Waals surface area (Å²) in [6.07, 6.45) is 36.4. The first-order valence-corrected chi connectivity index (χ1v) is 23.6. The maximum atomic E-state index is 13.2. The molecule has 53 heavy (non-hydrogen) atoms. The van der Waals surface area contributed by atoms with Crippen molar-refractivity contribution in [3.63, 3.8) is 0 Å². The lowest BCUT2D eigenvalue weighted by atomic mass is 9.33. The maximum Gasteiger partial charge on any atom is 0.306 e. The summed E-state index contributed by atoms with van der Waals surface area (Å²) in [5.74, 6) is 1.68. The minimum absolute atomic E-state index is 0.0149. The smallest absolute Gasteiger partial charge is 0.306 e. The number of hydrogen-bond acceptors (Lipinski definition) is 3. The van der Waals surface area contributed by atoms with E-state index in [2.05, 4.69) is 68.4 Å². The van der Waals surface area contributed by atoms with Gasteiger partial charge in [0.15, 0.2) is 0 Å². The van der Waals surface area contributed by atoms with E-state index in [4.69, 9.17) is 4.74 Å². The number of ether oxygens (including phenoxy) is 1. The molecule has 3 nitrogen and oxygen atoms in total. The first-order chi connectivity index (χ1) is 25.1. The Morgan fingerprint density at radius 1 is 0.660 bits per heavy atom. The lowest BCUT2D eigenvalue weighted by Gasteiger charge is -2.72. The van der Waals surface area contributed by atoms with Crippen molar-refractivity contribution in [2.24, 2.45) is 50.2 Å². The normalized spacial score (nSPS) is 38.5. The number of fused-ring (bicyclic) bond motifs is 7. The second kappa shape index (κ2) is 17.8. The van der Waals surface area contributed by atoms with Crippen LogP contribution in [0.2, 0.25) is 0 Å². The van der Waals surface area contributed by atoms with Gasteiger partial charge in [-0.3, -0.25) is 4.79 Å². The molecule has 0 saturated heterocycles. The Hall–Kier alpha value is -0.830. The molecule has 9 atom stereocenters. The van der Waals surface area contributed by atoms with E-state index in [1.54, 1.807) is 5.57 Å². The van der Waals surface area contributed by atoms with Crippen molar-refractivity contribution >= 4 is 5.97 Å². The van der Waals surface area contributed by atoms with Crippen LogP contribution in [0.1, 0.15) is 236 Å². The van der Waals surface area contributed by atoms with E-state index >= 15 is 0 Å². The highest BCUT2D eigenvalue weighted by molar-refractivity contribution is 5.69. The Bertz CT molecular complexity index is 1210. The van der Waals surface area contributed by atoms with Gasteiger partial charge in [-0.25, -0.2) is 0 Å². The van der Waals surface area contributed by atoms with E-state index in [9.17, 15) is 9.90 Å². The van der Waals surface area contributed by atoms with Gasteiger partial charge in [-0.15, -0.1) is 0 Å². The third kappa shape index (κ3) is 9.01. The summed E-state index contributed by atoms with van der Waals surface area (Å²) in [5.41, 5.74) is 2.48. The zero-order valence-corrected chi connectivity index (χ0v) is 36.8. The number of aliphatic hydroxyl groups excluding tert-OH is 1. The number of rotatable bonds is 19. The lowest BCUT2D eigenvalue weighted by Crippen LogP contribution is -2.66. The molecule has 0 aromatic rings. The number of aliphatic hydroxyl groups is 1. The molecular formula is C50H88O3. The fourth-order valence-corrected chi connectivity index (χ4v) is 14.0. The summed E-state index contributed by atoms with van der Waals surface area (Å²) < 4.78 is 6.42. The van der Waals surface area contributed by atoms with Crippen LogP contribution < -0.4 is 0 Å². The van der Waals surface area contributed by atoms with Crippen molar-refractivity contribution in [3.05, 3.63) is 11.6 Å². The molecular weight excluding hydrogens is 649 g/mol. The van der Waals surface area contributed by atoms with Gasteiger partial charge in [-0.05, 0) is 104 Å². The van der Waals surface area contributed by atoms with E-state index in [0.717, 1.165) is 38.5 Å². The monoisotopic (exact) mass is 737 g/mol. The summed E-state index contributed by atoms with van der Waals surface area (Å²) in [6, 6.07) is 0.